The van der Waals surface area contributed by atoms with Gasteiger partial charge >= 0.3 is 0 Å². The molecule has 1 aliphatic rings. The standard InChI is InChI=1S/C17H16BrNO2S2/c18-16-9-3-4-10-17(16)23(20,21)19(12-14-6-1-2-7-14)13-15-8-5-11-22-15/h1,3-11H,2,12-13H2. The summed E-state index contributed by atoms with van der Waals surface area (Å²) < 4.78 is 28.4. The number of nitrogens with zero attached hydrogens (tertiary/aromatic N) is 1. The van der Waals surface area contributed by atoms with Crippen LogP contribution < -0.4 is 0 Å². The molecule has 0 saturated carbocycles. The van der Waals surface area contributed by atoms with Crippen LogP contribution in [-0.2, 0) is 16.6 Å². The molecule has 0 radical (unpaired) electrons. The van der Waals surface area contributed by atoms with E-state index in [2.05, 4.69) is 22.0 Å². The molecule has 0 spiro atoms. The van der Waals surface area contributed by atoms with Gasteiger partial charge in [0.1, 0.15) is 0 Å². The molecule has 0 fully saturated rings. The van der Waals surface area contributed by atoms with E-state index in [1.807, 2.05) is 35.7 Å². The van der Waals surface area contributed by atoms with Gasteiger partial charge in [-0.2, -0.15) is 4.31 Å². The zero-order chi connectivity index (χ0) is 16.3. The SMILES string of the molecule is O=S(=O)(c1ccccc1Br)N(CC1=CCC=C1)Cc1cccs1. The van der Waals surface area contributed by atoms with E-state index in [1.54, 1.807) is 33.8 Å². The van der Waals surface area contributed by atoms with Crippen molar-refractivity contribution in [1.29, 1.82) is 0 Å². The Balaban J connectivity index is 1.96. The number of hydrogen-bond donors (Lipinski definition) is 0. The molecule has 1 aliphatic carbocycles. The molecule has 1 aromatic heterocycles. The fraction of sp³-hybridized carbons (Fsp3) is 0.176. The van der Waals surface area contributed by atoms with Gasteiger partial charge in [0.2, 0.25) is 10.0 Å². The van der Waals surface area contributed by atoms with Crippen LogP contribution >= 0.6 is 27.3 Å². The van der Waals surface area contributed by atoms with Crippen molar-refractivity contribution in [2.75, 3.05) is 6.54 Å². The van der Waals surface area contributed by atoms with Gasteiger partial charge in [-0.15, -0.1) is 11.3 Å². The molecule has 0 amide bonds. The minimum absolute atomic E-state index is 0.305. The average Bonchev–Trinajstić information content (AvgIpc) is 3.20. The van der Waals surface area contributed by atoms with Gasteiger partial charge in [-0.3, -0.25) is 0 Å². The second kappa shape index (κ2) is 7.13. The van der Waals surface area contributed by atoms with Gasteiger partial charge in [0, 0.05) is 22.4 Å². The molecular formula is C17H16BrNO2S2. The first-order valence-corrected chi connectivity index (χ1v) is 10.3. The predicted molar refractivity (Wildman–Crippen MR) is 97.9 cm³/mol. The molecule has 0 saturated heterocycles. The number of allylic oxidation sites excluding steroid dienone is 2. The maximum atomic E-state index is 13.1. The summed E-state index contributed by atoms with van der Waals surface area (Å²) in [6.07, 6.45) is 6.98. The molecule has 0 N–H and O–H groups in total. The summed E-state index contributed by atoms with van der Waals surface area (Å²) >= 11 is 4.93. The van der Waals surface area contributed by atoms with E-state index in [0.29, 0.717) is 22.5 Å². The monoisotopic (exact) mass is 409 g/mol. The van der Waals surface area contributed by atoms with Crippen LogP contribution in [0.3, 0.4) is 0 Å². The van der Waals surface area contributed by atoms with Crippen molar-refractivity contribution in [3.05, 3.63) is 74.9 Å². The maximum Gasteiger partial charge on any atom is 0.244 e. The van der Waals surface area contributed by atoms with Gasteiger partial charge in [0.15, 0.2) is 0 Å². The highest BCUT2D eigenvalue weighted by molar-refractivity contribution is 9.10. The first kappa shape index (κ1) is 16.6. The summed E-state index contributed by atoms with van der Waals surface area (Å²) in [7, 11) is -3.58. The van der Waals surface area contributed by atoms with Crippen LogP contribution in [0.1, 0.15) is 11.3 Å². The molecule has 23 heavy (non-hydrogen) atoms. The van der Waals surface area contributed by atoms with Crippen LogP contribution in [0.2, 0.25) is 0 Å². The van der Waals surface area contributed by atoms with Crippen LogP contribution in [0.5, 0.6) is 0 Å². The number of sulfonamides is 1. The molecule has 3 nitrogen and oxygen atoms in total. The van der Waals surface area contributed by atoms with Crippen molar-refractivity contribution in [1.82, 2.24) is 4.31 Å². The van der Waals surface area contributed by atoms with E-state index in [-0.39, 0.29) is 0 Å². The number of hydrogen-bond acceptors (Lipinski definition) is 3. The van der Waals surface area contributed by atoms with Gasteiger partial charge in [-0.05, 0) is 51.5 Å². The van der Waals surface area contributed by atoms with E-state index in [4.69, 9.17) is 0 Å². The van der Waals surface area contributed by atoms with Crippen molar-refractivity contribution in [2.45, 2.75) is 17.9 Å². The molecule has 1 heterocycles. The van der Waals surface area contributed by atoms with Crippen molar-refractivity contribution in [3.8, 4) is 0 Å². The Hall–Kier alpha value is -1.21. The van der Waals surface area contributed by atoms with Crippen LogP contribution in [0.25, 0.3) is 0 Å². The zero-order valence-corrected chi connectivity index (χ0v) is 15.6. The molecule has 0 bridgehead atoms. The van der Waals surface area contributed by atoms with Gasteiger partial charge in [-0.1, -0.05) is 36.4 Å². The number of halogens is 1. The van der Waals surface area contributed by atoms with Crippen molar-refractivity contribution in [2.24, 2.45) is 0 Å². The molecule has 0 atom stereocenters. The summed E-state index contributed by atoms with van der Waals surface area (Å²) in [4.78, 5) is 1.34. The Morgan fingerprint density at radius 2 is 1.96 bits per heavy atom. The lowest BCUT2D eigenvalue weighted by atomic mass is 10.3. The van der Waals surface area contributed by atoms with E-state index in [0.717, 1.165) is 16.9 Å². The lowest BCUT2D eigenvalue weighted by molar-refractivity contribution is 0.436. The van der Waals surface area contributed by atoms with E-state index < -0.39 is 10.0 Å². The van der Waals surface area contributed by atoms with Crippen molar-refractivity contribution in [3.63, 3.8) is 0 Å². The quantitative estimate of drug-likeness (QED) is 0.699. The minimum atomic E-state index is -3.58. The zero-order valence-electron chi connectivity index (χ0n) is 12.4. The summed E-state index contributed by atoms with van der Waals surface area (Å²) in [5.41, 5.74) is 1.04. The second-order valence-electron chi connectivity index (χ2n) is 5.20. The van der Waals surface area contributed by atoms with Crippen molar-refractivity contribution >= 4 is 37.3 Å². The molecule has 3 rings (SSSR count). The third-order valence-corrected chi connectivity index (χ3v) is 7.24. The average molecular weight is 410 g/mol. The molecule has 0 aliphatic heterocycles. The fourth-order valence-electron chi connectivity index (χ4n) is 2.42. The first-order valence-electron chi connectivity index (χ1n) is 7.20. The molecule has 2 aromatic rings. The molecular weight excluding hydrogens is 394 g/mol. The van der Waals surface area contributed by atoms with Gasteiger partial charge in [-0.25, -0.2) is 8.42 Å². The van der Waals surface area contributed by atoms with Crippen molar-refractivity contribution < 1.29 is 8.42 Å². The third kappa shape index (κ3) is 3.83. The van der Waals surface area contributed by atoms with Crippen LogP contribution in [0.4, 0.5) is 0 Å². The van der Waals surface area contributed by atoms with Gasteiger partial charge in [0.25, 0.3) is 0 Å². The summed E-state index contributed by atoms with van der Waals surface area (Å²) in [5, 5.41) is 1.97. The number of benzene rings is 1. The lowest BCUT2D eigenvalue weighted by Gasteiger charge is -2.22. The molecule has 0 unspecified atom stereocenters. The second-order valence-corrected chi connectivity index (χ2v) is 8.99. The Morgan fingerprint density at radius 3 is 2.61 bits per heavy atom. The highest BCUT2D eigenvalue weighted by Gasteiger charge is 2.27. The number of rotatable bonds is 6. The third-order valence-electron chi connectivity index (χ3n) is 3.57. The van der Waals surface area contributed by atoms with E-state index in [9.17, 15) is 8.42 Å². The Kier molecular flexibility index (Phi) is 5.16. The van der Waals surface area contributed by atoms with Gasteiger partial charge < -0.3 is 0 Å². The van der Waals surface area contributed by atoms with Gasteiger partial charge in [0.05, 0.1) is 4.90 Å². The Bertz CT molecular complexity index is 839. The molecule has 6 heteroatoms. The summed E-state index contributed by atoms with van der Waals surface area (Å²) in [6.45, 7) is 0.768. The smallest absolute Gasteiger partial charge is 0.207 e. The Labute approximate surface area is 149 Å². The normalized spacial score (nSPS) is 14.4. The predicted octanol–water partition coefficient (Wildman–Crippen LogP) is 4.59. The lowest BCUT2D eigenvalue weighted by Crippen LogP contribution is -2.32. The van der Waals surface area contributed by atoms with Crippen LogP contribution in [0.15, 0.2) is 74.9 Å². The summed E-state index contributed by atoms with van der Waals surface area (Å²) in [6, 6.07) is 10.9. The maximum absolute atomic E-state index is 13.1. The first-order chi connectivity index (χ1) is 11.1. The van der Waals surface area contributed by atoms with E-state index in [1.165, 1.54) is 0 Å². The fourth-order valence-corrected chi connectivity index (χ4v) is 5.59. The highest BCUT2D eigenvalue weighted by Crippen LogP contribution is 2.28. The number of thiophene rings is 1. The topological polar surface area (TPSA) is 37.4 Å². The Morgan fingerprint density at radius 1 is 1.13 bits per heavy atom. The summed E-state index contributed by atoms with van der Waals surface area (Å²) in [5.74, 6) is 0. The van der Waals surface area contributed by atoms with E-state index >= 15 is 0 Å². The van der Waals surface area contributed by atoms with Crippen LogP contribution in [-0.4, -0.2) is 19.3 Å². The van der Waals surface area contributed by atoms with Crippen LogP contribution in [0, 0.1) is 0 Å². The minimum Gasteiger partial charge on any atom is -0.207 e. The highest BCUT2D eigenvalue weighted by atomic mass is 79.9. The molecule has 1 aromatic carbocycles. The molecule has 120 valence electrons. The largest absolute Gasteiger partial charge is 0.244 e.